The lowest BCUT2D eigenvalue weighted by Gasteiger charge is -2.14. The van der Waals surface area contributed by atoms with Gasteiger partial charge in [-0.3, -0.25) is 0 Å². The molecule has 1 aromatic rings. The van der Waals surface area contributed by atoms with E-state index in [2.05, 4.69) is 25.2 Å². The molecule has 0 atom stereocenters. The smallest absolute Gasteiger partial charge is 0.161 e. The molecule has 0 amide bonds. The van der Waals surface area contributed by atoms with Crippen LogP contribution >= 0.6 is 0 Å². The fraction of sp³-hybridized carbons (Fsp3) is 0.529. The third kappa shape index (κ3) is 5.78. The highest BCUT2D eigenvalue weighted by molar-refractivity contribution is 5.58. The zero-order valence-corrected chi connectivity index (χ0v) is 13.7. The fourth-order valence-electron chi connectivity index (χ4n) is 1.99. The van der Waals surface area contributed by atoms with E-state index in [0.717, 1.165) is 36.8 Å². The highest BCUT2D eigenvalue weighted by Crippen LogP contribution is 2.28. The van der Waals surface area contributed by atoms with Crippen molar-refractivity contribution in [3.05, 3.63) is 29.3 Å². The molecule has 1 N–H and O–H groups in total. The minimum atomic E-state index is 0.480. The lowest BCUT2D eigenvalue weighted by Crippen LogP contribution is -2.23. The number of ether oxygens (including phenoxy) is 3. The van der Waals surface area contributed by atoms with E-state index in [4.69, 9.17) is 14.2 Å². The van der Waals surface area contributed by atoms with Gasteiger partial charge < -0.3 is 19.5 Å². The molecule has 0 fully saturated rings. The van der Waals surface area contributed by atoms with Crippen LogP contribution in [0.15, 0.2) is 23.8 Å². The molecule has 0 aliphatic carbocycles. The fourth-order valence-corrected chi connectivity index (χ4v) is 1.99. The first-order valence-electron chi connectivity index (χ1n) is 7.24. The standard InChI is InChI=1S/C17H27NO3/c1-13(2)15(12-18-8-9-19-3)10-14-6-7-16(20-4)17(11-14)21-5/h6-7,10-11,13,18H,8-9,12H2,1-5H3. The molecule has 1 rings (SSSR count). The summed E-state index contributed by atoms with van der Waals surface area (Å²) in [5, 5.41) is 3.39. The van der Waals surface area contributed by atoms with E-state index < -0.39 is 0 Å². The highest BCUT2D eigenvalue weighted by atomic mass is 16.5. The second-order valence-corrected chi connectivity index (χ2v) is 5.16. The first-order valence-corrected chi connectivity index (χ1v) is 7.24. The minimum Gasteiger partial charge on any atom is -0.493 e. The molecule has 0 bridgehead atoms. The zero-order chi connectivity index (χ0) is 15.7. The van der Waals surface area contributed by atoms with Crippen molar-refractivity contribution in [2.75, 3.05) is 41.0 Å². The zero-order valence-electron chi connectivity index (χ0n) is 13.7. The van der Waals surface area contributed by atoms with Crippen LogP contribution in [0.25, 0.3) is 6.08 Å². The Kier molecular flexibility index (Phi) is 7.87. The number of methoxy groups -OCH3 is 3. The topological polar surface area (TPSA) is 39.7 Å². The van der Waals surface area contributed by atoms with E-state index >= 15 is 0 Å². The van der Waals surface area contributed by atoms with Crippen LogP contribution in [0.3, 0.4) is 0 Å². The molecule has 0 saturated carbocycles. The number of nitrogens with one attached hydrogen (secondary N) is 1. The van der Waals surface area contributed by atoms with Gasteiger partial charge in [0.05, 0.1) is 20.8 Å². The van der Waals surface area contributed by atoms with Gasteiger partial charge in [0.15, 0.2) is 11.5 Å². The van der Waals surface area contributed by atoms with Crippen LogP contribution in [-0.4, -0.2) is 41.0 Å². The van der Waals surface area contributed by atoms with Crippen LogP contribution in [0.2, 0.25) is 0 Å². The maximum atomic E-state index is 5.35. The number of hydrogen-bond donors (Lipinski definition) is 1. The van der Waals surface area contributed by atoms with Gasteiger partial charge in [0.1, 0.15) is 0 Å². The molecule has 0 aliphatic heterocycles. The maximum absolute atomic E-state index is 5.35. The Morgan fingerprint density at radius 3 is 2.43 bits per heavy atom. The van der Waals surface area contributed by atoms with Crippen LogP contribution in [0.4, 0.5) is 0 Å². The molecule has 21 heavy (non-hydrogen) atoms. The van der Waals surface area contributed by atoms with E-state index in [1.807, 2.05) is 18.2 Å². The molecule has 118 valence electrons. The third-order valence-corrected chi connectivity index (χ3v) is 3.31. The summed E-state index contributed by atoms with van der Waals surface area (Å²) in [6.45, 7) is 6.83. The summed E-state index contributed by atoms with van der Waals surface area (Å²) in [5.74, 6) is 1.98. The molecule has 0 spiro atoms. The average Bonchev–Trinajstić information content (AvgIpc) is 2.49. The van der Waals surface area contributed by atoms with E-state index in [-0.39, 0.29) is 0 Å². The van der Waals surface area contributed by atoms with Crippen molar-refractivity contribution in [2.24, 2.45) is 5.92 Å². The van der Waals surface area contributed by atoms with Crippen LogP contribution in [0, 0.1) is 5.92 Å². The summed E-state index contributed by atoms with van der Waals surface area (Å²) < 4.78 is 15.7. The van der Waals surface area contributed by atoms with Crippen molar-refractivity contribution in [3.8, 4) is 11.5 Å². The molecular formula is C17H27NO3. The van der Waals surface area contributed by atoms with Crippen LogP contribution < -0.4 is 14.8 Å². The molecule has 0 heterocycles. The van der Waals surface area contributed by atoms with E-state index in [0.29, 0.717) is 5.92 Å². The lowest BCUT2D eigenvalue weighted by molar-refractivity contribution is 0.200. The quantitative estimate of drug-likeness (QED) is 0.711. The molecule has 1 aromatic carbocycles. The van der Waals surface area contributed by atoms with Crippen molar-refractivity contribution in [2.45, 2.75) is 13.8 Å². The molecular weight excluding hydrogens is 266 g/mol. The largest absolute Gasteiger partial charge is 0.493 e. The highest BCUT2D eigenvalue weighted by Gasteiger charge is 2.06. The van der Waals surface area contributed by atoms with Gasteiger partial charge in [-0.15, -0.1) is 0 Å². The first kappa shape index (κ1) is 17.5. The number of rotatable bonds is 9. The summed E-state index contributed by atoms with van der Waals surface area (Å²) in [6, 6.07) is 5.97. The van der Waals surface area contributed by atoms with Gasteiger partial charge in [-0.25, -0.2) is 0 Å². The SMILES string of the molecule is COCCNCC(=Cc1ccc(OC)c(OC)c1)C(C)C. The van der Waals surface area contributed by atoms with Crippen LogP contribution in [0.5, 0.6) is 11.5 Å². The predicted molar refractivity (Wildman–Crippen MR) is 87.1 cm³/mol. The normalized spacial score (nSPS) is 11.8. The Hall–Kier alpha value is -1.52. The summed E-state index contributed by atoms with van der Waals surface area (Å²) >= 11 is 0. The van der Waals surface area contributed by atoms with Gasteiger partial charge in [0.2, 0.25) is 0 Å². The maximum Gasteiger partial charge on any atom is 0.161 e. The van der Waals surface area contributed by atoms with Crippen molar-refractivity contribution < 1.29 is 14.2 Å². The molecule has 0 aliphatic rings. The predicted octanol–water partition coefficient (Wildman–Crippen LogP) is 2.98. The van der Waals surface area contributed by atoms with Gasteiger partial charge in [-0.05, 0) is 23.6 Å². The van der Waals surface area contributed by atoms with Crippen molar-refractivity contribution in [1.82, 2.24) is 5.32 Å². The van der Waals surface area contributed by atoms with Gasteiger partial charge in [-0.2, -0.15) is 0 Å². The Bertz CT molecular complexity index is 455. The van der Waals surface area contributed by atoms with Crippen molar-refractivity contribution in [1.29, 1.82) is 0 Å². The van der Waals surface area contributed by atoms with E-state index in [1.54, 1.807) is 21.3 Å². The second kappa shape index (κ2) is 9.42. The van der Waals surface area contributed by atoms with Gasteiger partial charge in [0, 0.05) is 20.2 Å². The lowest BCUT2D eigenvalue weighted by atomic mass is 10.00. The van der Waals surface area contributed by atoms with Crippen LogP contribution in [-0.2, 0) is 4.74 Å². The van der Waals surface area contributed by atoms with Gasteiger partial charge in [-0.1, -0.05) is 31.6 Å². The summed E-state index contributed by atoms with van der Waals surface area (Å²) in [7, 11) is 5.01. The monoisotopic (exact) mass is 293 g/mol. The summed E-state index contributed by atoms with van der Waals surface area (Å²) in [6.07, 6.45) is 2.20. The third-order valence-electron chi connectivity index (χ3n) is 3.31. The molecule has 0 aromatic heterocycles. The van der Waals surface area contributed by atoms with E-state index in [1.165, 1.54) is 5.57 Å². The minimum absolute atomic E-state index is 0.480. The van der Waals surface area contributed by atoms with Crippen molar-refractivity contribution in [3.63, 3.8) is 0 Å². The second-order valence-electron chi connectivity index (χ2n) is 5.16. The molecule has 4 heteroatoms. The van der Waals surface area contributed by atoms with Gasteiger partial charge in [0.25, 0.3) is 0 Å². The van der Waals surface area contributed by atoms with Crippen molar-refractivity contribution >= 4 is 6.08 Å². The number of benzene rings is 1. The Labute approximate surface area is 128 Å². The first-order chi connectivity index (χ1) is 10.1. The Morgan fingerprint density at radius 2 is 1.86 bits per heavy atom. The summed E-state index contributed by atoms with van der Waals surface area (Å²) in [4.78, 5) is 0. The summed E-state index contributed by atoms with van der Waals surface area (Å²) in [5.41, 5.74) is 2.46. The Morgan fingerprint density at radius 1 is 1.14 bits per heavy atom. The van der Waals surface area contributed by atoms with Gasteiger partial charge >= 0.3 is 0 Å². The molecule has 0 radical (unpaired) electrons. The number of hydrogen-bond acceptors (Lipinski definition) is 4. The van der Waals surface area contributed by atoms with E-state index in [9.17, 15) is 0 Å². The average molecular weight is 293 g/mol. The molecule has 0 saturated heterocycles. The molecule has 0 unspecified atom stereocenters. The molecule has 4 nitrogen and oxygen atoms in total. The van der Waals surface area contributed by atoms with Crippen LogP contribution in [0.1, 0.15) is 19.4 Å². The Balaban J connectivity index is 2.84.